The SMILES string of the molecule is CC(N)C1CCCN(S(=O)(=O)Cc2c(Cl)cccc2Cl)C1.Cl. The third-order valence-electron chi connectivity index (χ3n) is 3.95. The van der Waals surface area contributed by atoms with Gasteiger partial charge in [0.1, 0.15) is 0 Å². The van der Waals surface area contributed by atoms with Crippen molar-refractivity contribution >= 4 is 45.6 Å². The van der Waals surface area contributed by atoms with Gasteiger partial charge in [0.15, 0.2) is 0 Å². The molecule has 2 rings (SSSR count). The lowest BCUT2D eigenvalue weighted by molar-refractivity contribution is 0.243. The summed E-state index contributed by atoms with van der Waals surface area (Å²) in [5.74, 6) is 0.0345. The van der Waals surface area contributed by atoms with E-state index in [9.17, 15) is 8.42 Å². The maximum atomic E-state index is 12.6. The van der Waals surface area contributed by atoms with Gasteiger partial charge in [0.2, 0.25) is 10.0 Å². The summed E-state index contributed by atoms with van der Waals surface area (Å²) < 4.78 is 26.7. The zero-order valence-corrected chi connectivity index (χ0v) is 15.5. The minimum absolute atomic E-state index is 0. The van der Waals surface area contributed by atoms with Gasteiger partial charge in [-0.1, -0.05) is 29.3 Å². The smallest absolute Gasteiger partial charge is 0.218 e. The summed E-state index contributed by atoms with van der Waals surface area (Å²) in [5, 5.41) is 0.763. The van der Waals surface area contributed by atoms with Gasteiger partial charge in [-0.15, -0.1) is 12.4 Å². The second-order valence-corrected chi connectivity index (χ2v) is 8.36. The summed E-state index contributed by atoms with van der Waals surface area (Å²) in [6, 6.07) is 5.00. The number of benzene rings is 1. The lowest BCUT2D eigenvalue weighted by Crippen LogP contribution is -2.45. The lowest BCUT2D eigenvalue weighted by Gasteiger charge is -2.33. The van der Waals surface area contributed by atoms with Crippen LogP contribution in [0.5, 0.6) is 0 Å². The molecule has 2 N–H and O–H groups in total. The van der Waals surface area contributed by atoms with E-state index >= 15 is 0 Å². The van der Waals surface area contributed by atoms with Gasteiger partial charge in [0.25, 0.3) is 0 Å². The molecule has 8 heteroatoms. The van der Waals surface area contributed by atoms with Crippen LogP contribution in [0.1, 0.15) is 25.3 Å². The fourth-order valence-electron chi connectivity index (χ4n) is 2.60. The Morgan fingerprint density at radius 3 is 2.50 bits per heavy atom. The topological polar surface area (TPSA) is 63.4 Å². The van der Waals surface area contributed by atoms with E-state index in [0.717, 1.165) is 12.8 Å². The predicted octanol–water partition coefficient (Wildman–Crippen LogP) is 3.30. The Morgan fingerprint density at radius 2 is 1.95 bits per heavy atom. The maximum Gasteiger partial charge on any atom is 0.218 e. The molecule has 1 fully saturated rings. The Bertz CT molecular complexity index is 588. The lowest BCUT2D eigenvalue weighted by atomic mass is 9.93. The highest BCUT2D eigenvalue weighted by molar-refractivity contribution is 7.88. The van der Waals surface area contributed by atoms with Gasteiger partial charge in [0, 0.05) is 34.7 Å². The fourth-order valence-corrected chi connectivity index (χ4v) is 4.97. The molecule has 1 aromatic carbocycles. The van der Waals surface area contributed by atoms with Crippen LogP contribution in [-0.4, -0.2) is 31.9 Å². The summed E-state index contributed by atoms with van der Waals surface area (Å²) in [6.07, 6.45) is 1.80. The summed E-state index contributed by atoms with van der Waals surface area (Å²) >= 11 is 12.1. The van der Waals surface area contributed by atoms with E-state index in [1.807, 2.05) is 6.92 Å². The van der Waals surface area contributed by atoms with Crippen LogP contribution in [-0.2, 0) is 15.8 Å². The second kappa shape index (κ2) is 8.18. The Hall–Kier alpha value is -0.0400. The van der Waals surface area contributed by atoms with Crippen molar-refractivity contribution in [2.45, 2.75) is 31.6 Å². The first-order chi connectivity index (χ1) is 9.81. The van der Waals surface area contributed by atoms with Crippen LogP contribution in [0.3, 0.4) is 0 Å². The first kappa shape index (κ1) is 20.0. The van der Waals surface area contributed by atoms with Crippen LogP contribution in [0, 0.1) is 5.92 Å². The van der Waals surface area contributed by atoms with Crippen LogP contribution < -0.4 is 5.73 Å². The van der Waals surface area contributed by atoms with Crippen molar-refractivity contribution in [1.29, 1.82) is 0 Å². The highest BCUT2D eigenvalue weighted by Gasteiger charge is 2.31. The molecule has 0 saturated carbocycles. The number of nitrogens with two attached hydrogens (primary N) is 1. The number of hydrogen-bond acceptors (Lipinski definition) is 3. The third kappa shape index (κ3) is 4.73. The zero-order valence-electron chi connectivity index (χ0n) is 12.3. The monoisotopic (exact) mass is 386 g/mol. The van der Waals surface area contributed by atoms with Crippen molar-refractivity contribution in [3.8, 4) is 0 Å². The Morgan fingerprint density at radius 1 is 1.36 bits per heavy atom. The first-order valence-electron chi connectivity index (χ1n) is 6.97. The molecule has 0 aromatic heterocycles. The number of rotatable bonds is 4. The zero-order chi connectivity index (χ0) is 15.6. The molecule has 0 aliphatic carbocycles. The van der Waals surface area contributed by atoms with Crippen LogP contribution >= 0.6 is 35.6 Å². The van der Waals surface area contributed by atoms with Crippen LogP contribution in [0.2, 0.25) is 10.0 Å². The molecule has 2 atom stereocenters. The quantitative estimate of drug-likeness (QED) is 0.862. The molecular weight excluding hydrogens is 367 g/mol. The van der Waals surface area contributed by atoms with Crippen molar-refractivity contribution in [2.24, 2.45) is 11.7 Å². The fraction of sp³-hybridized carbons (Fsp3) is 0.571. The minimum atomic E-state index is -3.44. The van der Waals surface area contributed by atoms with E-state index in [4.69, 9.17) is 28.9 Å². The number of sulfonamides is 1. The molecule has 2 unspecified atom stereocenters. The summed E-state index contributed by atoms with van der Waals surface area (Å²) in [5.41, 5.74) is 6.37. The van der Waals surface area contributed by atoms with E-state index in [0.29, 0.717) is 28.7 Å². The largest absolute Gasteiger partial charge is 0.328 e. The molecule has 1 saturated heterocycles. The number of piperidine rings is 1. The molecule has 0 amide bonds. The maximum absolute atomic E-state index is 12.6. The van der Waals surface area contributed by atoms with Crippen molar-refractivity contribution in [1.82, 2.24) is 4.31 Å². The number of hydrogen-bond donors (Lipinski definition) is 1. The number of halogens is 3. The van der Waals surface area contributed by atoms with Gasteiger partial charge < -0.3 is 5.73 Å². The van der Waals surface area contributed by atoms with Gasteiger partial charge >= 0.3 is 0 Å². The third-order valence-corrected chi connectivity index (χ3v) is 6.43. The van der Waals surface area contributed by atoms with E-state index in [1.165, 1.54) is 4.31 Å². The first-order valence-corrected chi connectivity index (χ1v) is 9.34. The standard InChI is InChI=1S/C14H20Cl2N2O2S.ClH/c1-10(17)11-4-3-7-18(8-11)21(19,20)9-12-13(15)5-2-6-14(12)16;/h2,5-6,10-11H,3-4,7-9,17H2,1H3;1H. The molecule has 1 heterocycles. The summed E-state index contributed by atoms with van der Waals surface area (Å²) in [7, 11) is -3.44. The predicted molar refractivity (Wildman–Crippen MR) is 94.3 cm³/mol. The van der Waals surface area contributed by atoms with E-state index in [2.05, 4.69) is 0 Å². The molecule has 1 aliphatic heterocycles. The molecule has 1 aromatic rings. The van der Waals surface area contributed by atoms with E-state index < -0.39 is 10.0 Å². The number of nitrogens with zero attached hydrogens (tertiary/aromatic N) is 1. The summed E-state index contributed by atoms with van der Waals surface area (Å²) in [6.45, 7) is 2.93. The molecule has 22 heavy (non-hydrogen) atoms. The van der Waals surface area contributed by atoms with Crippen molar-refractivity contribution in [3.63, 3.8) is 0 Å². The Balaban J connectivity index is 0.00000242. The van der Waals surface area contributed by atoms with E-state index in [1.54, 1.807) is 18.2 Å². The van der Waals surface area contributed by atoms with Crippen molar-refractivity contribution in [2.75, 3.05) is 13.1 Å². The highest BCUT2D eigenvalue weighted by Crippen LogP contribution is 2.29. The van der Waals surface area contributed by atoms with Crippen molar-refractivity contribution in [3.05, 3.63) is 33.8 Å². The van der Waals surface area contributed by atoms with Crippen LogP contribution in [0.4, 0.5) is 0 Å². The van der Waals surface area contributed by atoms with Crippen LogP contribution in [0.15, 0.2) is 18.2 Å². The summed E-state index contributed by atoms with van der Waals surface area (Å²) in [4.78, 5) is 0. The van der Waals surface area contributed by atoms with Gasteiger partial charge in [-0.05, 0) is 37.8 Å². The van der Waals surface area contributed by atoms with Crippen LogP contribution in [0.25, 0.3) is 0 Å². The second-order valence-electron chi connectivity index (χ2n) is 5.58. The molecular formula is C14H21Cl3N2O2S. The van der Waals surface area contributed by atoms with Gasteiger partial charge in [0.05, 0.1) is 5.75 Å². The average Bonchev–Trinajstić information content (AvgIpc) is 2.43. The normalized spacial score (nSPS) is 21.2. The molecule has 0 radical (unpaired) electrons. The van der Waals surface area contributed by atoms with Crippen molar-refractivity contribution < 1.29 is 8.42 Å². The van der Waals surface area contributed by atoms with Gasteiger partial charge in [-0.25, -0.2) is 12.7 Å². The average molecular weight is 388 g/mol. The Labute approximate surface area is 148 Å². The molecule has 0 bridgehead atoms. The molecule has 126 valence electrons. The molecule has 0 spiro atoms. The van der Waals surface area contributed by atoms with Gasteiger partial charge in [-0.3, -0.25) is 0 Å². The molecule has 4 nitrogen and oxygen atoms in total. The minimum Gasteiger partial charge on any atom is -0.328 e. The van der Waals surface area contributed by atoms with Gasteiger partial charge in [-0.2, -0.15) is 0 Å². The Kier molecular flexibility index (Phi) is 7.43. The molecule has 1 aliphatic rings. The highest BCUT2D eigenvalue weighted by atomic mass is 35.5. The van der Waals surface area contributed by atoms with E-state index in [-0.39, 0.29) is 30.1 Å².